The molecule has 136 valence electrons. The summed E-state index contributed by atoms with van der Waals surface area (Å²) in [6, 6.07) is 12.8. The predicted octanol–water partition coefficient (Wildman–Crippen LogP) is 2.00. The number of aromatic nitrogens is 3. The molecule has 1 aliphatic heterocycles. The second kappa shape index (κ2) is 7.17. The van der Waals surface area contributed by atoms with Crippen LogP contribution in [0.1, 0.15) is 30.3 Å². The summed E-state index contributed by atoms with van der Waals surface area (Å²) in [4.78, 5) is 24.3. The fourth-order valence-corrected chi connectivity index (χ4v) is 3.69. The summed E-state index contributed by atoms with van der Waals surface area (Å²) in [6.07, 6.45) is 3.35. The van der Waals surface area contributed by atoms with Crippen LogP contribution in [0.15, 0.2) is 47.4 Å². The van der Waals surface area contributed by atoms with Crippen LogP contribution < -0.4 is 10.5 Å². The monoisotopic (exact) mass is 361 g/mol. The zero-order chi connectivity index (χ0) is 18.8. The topological polar surface area (TPSA) is 95.0 Å². The minimum atomic E-state index is -0.135. The first-order valence-corrected chi connectivity index (χ1v) is 8.96. The standard InChI is InChI=1S/C20H19N5O2/c21-12-14-7-8-18(22-13-14)24-9-3-6-17(24)19-23-16-5-2-1-4-15(16)20(27)25(19)10-11-26/h1-2,4-5,7-8,13,17,26H,3,6,9-11H2. The van der Waals surface area contributed by atoms with Gasteiger partial charge in [-0.05, 0) is 37.1 Å². The van der Waals surface area contributed by atoms with Gasteiger partial charge in [0.25, 0.3) is 5.56 Å². The van der Waals surface area contributed by atoms with Crippen molar-refractivity contribution in [2.24, 2.45) is 0 Å². The molecule has 3 heterocycles. The van der Waals surface area contributed by atoms with E-state index in [1.54, 1.807) is 22.9 Å². The number of hydrogen-bond acceptors (Lipinski definition) is 6. The molecule has 7 nitrogen and oxygen atoms in total. The Kier molecular flexibility index (Phi) is 4.57. The Hall–Kier alpha value is -3.24. The first kappa shape index (κ1) is 17.2. The van der Waals surface area contributed by atoms with Gasteiger partial charge in [-0.3, -0.25) is 9.36 Å². The largest absolute Gasteiger partial charge is 0.395 e. The molecule has 4 rings (SSSR count). The Morgan fingerprint density at radius 2 is 2.11 bits per heavy atom. The van der Waals surface area contributed by atoms with Gasteiger partial charge in [0, 0.05) is 12.7 Å². The number of nitriles is 1. The molecule has 2 aromatic heterocycles. The molecule has 1 aromatic carbocycles. The van der Waals surface area contributed by atoms with Crippen LogP contribution in [0.4, 0.5) is 5.82 Å². The van der Waals surface area contributed by atoms with Crippen LogP contribution in [0.5, 0.6) is 0 Å². The van der Waals surface area contributed by atoms with Gasteiger partial charge in [-0.15, -0.1) is 0 Å². The van der Waals surface area contributed by atoms with Gasteiger partial charge in [-0.2, -0.15) is 5.26 Å². The van der Waals surface area contributed by atoms with E-state index in [0.717, 1.165) is 25.2 Å². The molecule has 27 heavy (non-hydrogen) atoms. The zero-order valence-corrected chi connectivity index (χ0v) is 14.7. The molecule has 3 aromatic rings. The lowest BCUT2D eigenvalue weighted by molar-refractivity contribution is 0.270. The predicted molar refractivity (Wildman–Crippen MR) is 101 cm³/mol. The SMILES string of the molecule is N#Cc1ccc(N2CCCC2c2nc3ccccc3c(=O)n2CCO)nc1. The van der Waals surface area contributed by atoms with Crippen LogP contribution in [0.25, 0.3) is 10.9 Å². The number of anilines is 1. The Labute approximate surface area is 156 Å². The van der Waals surface area contributed by atoms with Gasteiger partial charge in [0.05, 0.1) is 35.7 Å². The number of rotatable bonds is 4. The van der Waals surface area contributed by atoms with Gasteiger partial charge < -0.3 is 10.0 Å². The number of benzene rings is 1. The molecule has 1 unspecified atom stereocenters. The summed E-state index contributed by atoms with van der Waals surface area (Å²) in [5.41, 5.74) is 1.03. The van der Waals surface area contributed by atoms with Gasteiger partial charge in [0.2, 0.25) is 0 Å². The summed E-state index contributed by atoms with van der Waals surface area (Å²) in [7, 11) is 0. The van der Waals surface area contributed by atoms with E-state index in [-0.39, 0.29) is 24.8 Å². The van der Waals surface area contributed by atoms with Gasteiger partial charge in [-0.25, -0.2) is 9.97 Å². The van der Waals surface area contributed by atoms with Crippen molar-refractivity contribution in [3.8, 4) is 6.07 Å². The second-order valence-electron chi connectivity index (χ2n) is 6.54. The molecule has 0 radical (unpaired) electrons. The van der Waals surface area contributed by atoms with Crippen LogP contribution in [-0.4, -0.2) is 32.8 Å². The zero-order valence-electron chi connectivity index (χ0n) is 14.7. The summed E-state index contributed by atoms with van der Waals surface area (Å²) in [6.45, 7) is 0.872. The van der Waals surface area contributed by atoms with Crippen LogP contribution in [-0.2, 0) is 6.54 Å². The first-order chi connectivity index (χ1) is 13.2. The van der Waals surface area contributed by atoms with E-state index < -0.39 is 0 Å². The van der Waals surface area contributed by atoms with E-state index in [9.17, 15) is 9.90 Å². The average Bonchev–Trinajstić information content (AvgIpc) is 3.20. The Morgan fingerprint density at radius 3 is 2.85 bits per heavy atom. The molecular weight excluding hydrogens is 342 g/mol. The van der Waals surface area contributed by atoms with Crippen molar-refractivity contribution < 1.29 is 5.11 Å². The van der Waals surface area contributed by atoms with Crippen molar-refractivity contribution in [2.75, 3.05) is 18.1 Å². The molecule has 0 saturated carbocycles. The summed E-state index contributed by atoms with van der Waals surface area (Å²) < 4.78 is 1.58. The number of pyridine rings is 1. The molecule has 0 bridgehead atoms. The third kappa shape index (κ3) is 3.04. The maximum Gasteiger partial charge on any atom is 0.261 e. The summed E-state index contributed by atoms with van der Waals surface area (Å²) >= 11 is 0. The molecule has 7 heteroatoms. The first-order valence-electron chi connectivity index (χ1n) is 8.96. The van der Waals surface area contributed by atoms with Crippen LogP contribution >= 0.6 is 0 Å². The fraction of sp³-hybridized carbons (Fsp3) is 0.300. The van der Waals surface area contributed by atoms with Gasteiger partial charge in [0.15, 0.2) is 0 Å². The maximum atomic E-state index is 13.0. The van der Waals surface area contributed by atoms with Crippen molar-refractivity contribution >= 4 is 16.7 Å². The number of aliphatic hydroxyl groups is 1. The molecule has 0 aliphatic carbocycles. The van der Waals surface area contributed by atoms with E-state index in [1.807, 2.05) is 24.3 Å². The fourth-order valence-electron chi connectivity index (χ4n) is 3.69. The lowest BCUT2D eigenvalue weighted by Crippen LogP contribution is -2.33. The van der Waals surface area contributed by atoms with E-state index in [4.69, 9.17) is 10.2 Å². The molecule has 0 amide bonds. The van der Waals surface area contributed by atoms with Crippen molar-refractivity contribution in [1.82, 2.24) is 14.5 Å². The smallest absolute Gasteiger partial charge is 0.261 e. The number of aliphatic hydroxyl groups excluding tert-OH is 1. The molecule has 1 saturated heterocycles. The summed E-state index contributed by atoms with van der Waals surface area (Å²) in [5.74, 6) is 1.41. The van der Waals surface area contributed by atoms with Crippen LogP contribution in [0, 0.1) is 11.3 Å². The minimum Gasteiger partial charge on any atom is -0.395 e. The number of nitrogens with zero attached hydrogens (tertiary/aromatic N) is 5. The van der Waals surface area contributed by atoms with Crippen molar-refractivity contribution in [3.63, 3.8) is 0 Å². The Balaban J connectivity index is 1.83. The Bertz CT molecular complexity index is 1070. The van der Waals surface area contributed by atoms with Crippen LogP contribution in [0.2, 0.25) is 0 Å². The number of fused-ring (bicyclic) bond motifs is 1. The van der Waals surface area contributed by atoms with Gasteiger partial charge in [0.1, 0.15) is 17.7 Å². The average molecular weight is 361 g/mol. The molecule has 1 aliphatic rings. The maximum absolute atomic E-state index is 13.0. The quantitative estimate of drug-likeness (QED) is 0.764. The highest BCUT2D eigenvalue weighted by Gasteiger charge is 2.31. The van der Waals surface area contributed by atoms with E-state index >= 15 is 0 Å². The van der Waals surface area contributed by atoms with E-state index in [0.29, 0.717) is 22.3 Å². The van der Waals surface area contributed by atoms with Gasteiger partial charge in [-0.1, -0.05) is 12.1 Å². The molecule has 1 atom stereocenters. The normalized spacial score (nSPS) is 16.6. The lowest BCUT2D eigenvalue weighted by Gasteiger charge is -2.27. The third-order valence-electron chi connectivity index (χ3n) is 4.94. The minimum absolute atomic E-state index is 0.103. The van der Waals surface area contributed by atoms with Crippen molar-refractivity contribution in [1.29, 1.82) is 5.26 Å². The lowest BCUT2D eigenvalue weighted by atomic mass is 10.1. The molecular formula is C20H19N5O2. The van der Waals surface area contributed by atoms with E-state index in [1.165, 1.54) is 0 Å². The van der Waals surface area contributed by atoms with Crippen molar-refractivity contribution in [3.05, 3.63) is 64.3 Å². The van der Waals surface area contributed by atoms with E-state index in [2.05, 4.69) is 16.0 Å². The third-order valence-corrected chi connectivity index (χ3v) is 4.94. The Morgan fingerprint density at radius 1 is 1.26 bits per heavy atom. The highest BCUT2D eigenvalue weighted by Crippen LogP contribution is 2.34. The highest BCUT2D eigenvalue weighted by atomic mass is 16.3. The molecule has 1 N–H and O–H groups in total. The van der Waals surface area contributed by atoms with Crippen LogP contribution in [0.3, 0.4) is 0 Å². The number of para-hydroxylation sites is 1. The van der Waals surface area contributed by atoms with Gasteiger partial charge >= 0.3 is 0 Å². The number of hydrogen-bond donors (Lipinski definition) is 1. The van der Waals surface area contributed by atoms with Crippen molar-refractivity contribution in [2.45, 2.75) is 25.4 Å². The molecule has 0 spiro atoms. The summed E-state index contributed by atoms with van der Waals surface area (Å²) in [5, 5.41) is 19.0. The molecule has 1 fully saturated rings. The highest BCUT2D eigenvalue weighted by molar-refractivity contribution is 5.77. The second-order valence-corrected chi connectivity index (χ2v) is 6.54.